The Balaban J connectivity index is 3.05. The van der Waals surface area contributed by atoms with Crippen molar-refractivity contribution in [2.75, 3.05) is 0 Å². The molecule has 0 atom stereocenters. The summed E-state index contributed by atoms with van der Waals surface area (Å²) in [5.41, 5.74) is 0.385. The second-order valence-corrected chi connectivity index (χ2v) is 3.26. The summed E-state index contributed by atoms with van der Waals surface area (Å²) >= 11 is 8.65. The summed E-state index contributed by atoms with van der Waals surface area (Å²) in [5.74, 6) is 0.197. The highest BCUT2D eigenvalue weighted by Crippen LogP contribution is 2.23. The van der Waals surface area contributed by atoms with Gasteiger partial charge in [0.15, 0.2) is 0 Å². The zero-order valence-electron chi connectivity index (χ0n) is 5.90. The average Bonchev–Trinajstić information content (AvgIpc) is 2.05. The maximum atomic E-state index is 12.1. The van der Waals surface area contributed by atoms with E-state index in [2.05, 4.69) is 20.9 Å². The molecule has 0 saturated heterocycles. The molecule has 0 bridgehead atoms. The van der Waals surface area contributed by atoms with Crippen LogP contribution in [0.4, 0.5) is 8.78 Å². The number of rotatable bonds is 2. The van der Waals surface area contributed by atoms with Crippen molar-refractivity contribution < 1.29 is 8.78 Å². The molecule has 1 nitrogen and oxygen atoms in total. The van der Waals surface area contributed by atoms with Gasteiger partial charge in [-0.1, -0.05) is 0 Å². The molecule has 1 aromatic heterocycles. The predicted molar refractivity (Wildman–Crippen MR) is 46.5 cm³/mol. The fourth-order valence-electron chi connectivity index (χ4n) is 0.721. The van der Waals surface area contributed by atoms with Crippen molar-refractivity contribution in [1.29, 1.82) is 0 Å². The molecule has 12 heavy (non-hydrogen) atoms. The number of alkyl halides is 3. The molecule has 0 amide bonds. The van der Waals surface area contributed by atoms with E-state index in [9.17, 15) is 8.78 Å². The Kier molecular flexibility index (Phi) is 3.40. The van der Waals surface area contributed by atoms with Crippen LogP contribution in [0.1, 0.15) is 17.7 Å². The molecule has 0 unspecified atom stereocenters. The van der Waals surface area contributed by atoms with Crippen LogP contribution in [0.3, 0.4) is 0 Å². The van der Waals surface area contributed by atoms with Crippen LogP contribution in [0.15, 0.2) is 16.7 Å². The second-order valence-electron chi connectivity index (χ2n) is 2.13. The first-order valence-electron chi connectivity index (χ1n) is 3.13. The van der Waals surface area contributed by atoms with Gasteiger partial charge in [-0.2, -0.15) is 0 Å². The van der Waals surface area contributed by atoms with Gasteiger partial charge in [-0.3, -0.25) is 4.98 Å². The van der Waals surface area contributed by atoms with Crippen molar-refractivity contribution >= 4 is 27.5 Å². The van der Waals surface area contributed by atoms with E-state index in [0.29, 0.717) is 10.0 Å². The van der Waals surface area contributed by atoms with Crippen LogP contribution < -0.4 is 0 Å². The molecular weight excluding hydrogens is 251 g/mol. The molecule has 0 saturated carbocycles. The third kappa shape index (κ3) is 2.14. The first-order valence-corrected chi connectivity index (χ1v) is 4.46. The van der Waals surface area contributed by atoms with Crippen molar-refractivity contribution in [1.82, 2.24) is 4.98 Å². The van der Waals surface area contributed by atoms with E-state index in [1.807, 2.05) is 0 Å². The number of aromatic nitrogens is 1. The molecule has 1 heterocycles. The van der Waals surface area contributed by atoms with Gasteiger partial charge < -0.3 is 0 Å². The summed E-state index contributed by atoms with van der Waals surface area (Å²) in [6, 6.07) is 1.29. The predicted octanol–water partition coefficient (Wildman–Crippen LogP) is 3.52. The fourth-order valence-corrected chi connectivity index (χ4v) is 1.46. The largest absolute Gasteiger partial charge is 0.280 e. The van der Waals surface area contributed by atoms with E-state index >= 15 is 0 Å². The first kappa shape index (κ1) is 9.86. The maximum Gasteiger partial charge on any atom is 0.280 e. The quantitative estimate of drug-likeness (QED) is 0.738. The normalized spacial score (nSPS) is 10.8. The molecule has 1 aromatic rings. The standard InChI is InChI=1S/C7H5BrClF2N/c8-5-3-12-6(7(10)11)1-4(5)2-9/h1,3,7H,2H2. The van der Waals surface area contributed by atoms with Crippen molar-refractivity contribution in [2.24, 2.45) is 0 Å². The zero-order valence-corrected chi connectivity index (χ0v) is 8.24. The van der Waals surface area contributed by atoms with E-state index in [-0.39, 0.29) is 11.6 Å². The molecule has 66 valence electrons. The minimum Gasteiger partial charge on any atom is -0.254 e. The Hall–Kier alpha value is -0.220. The lowest BCUT2D eigenvalue weighted by Crippen LogP contribution is -1.92. The van der Waals surface area contributed by atoms with Crippen LogP contribution >= 0.6 is 27.5 Å². The van der Waals surface area contributed by atoms with Gasteiger partial charge in [-0.15, -0.1) is 11.6 Å². The van der Waals surface area contributed by atoms with Crippen molar-refractivity contribution in [2.45, 2.75) is 12.3 Å². The van der Waals surface area contributed by atoms with Crippen LogP contribution in [-0.4, -0.2) is 4.98 Å². The molecule has 0 aliphatic rings. The molecule has 0 fully saturated rings. The Labute approximate surface area is 81.9 Å². The van der Waals surface area contributed by atoms with Crippen LogP contribution in [0.25, 0.3) is 0 Å². The Morgan fingerprint density at radius 1 is 1.58 bits per heavy atom. The first-order chi connectivity index (χ1) is 5.65. The Morgan fingerprint density at radius 2 is 2.25 bits per heavy atom. The van der Waals surface area contributed by atoms with E-state index < -0.39 is 6.43 Å². The van der Waals surface area contributed by atoms with Gasteiger partial charge in [0, 0.05) is 16.5 Å². The number of nitrogens with zero attached hydrogens (tertiary/aromatic N) is 1. The van der Waals surface area contributed by atoms with E-state index in [1.54, 1.807) is 0 Å². The Morgan fingerprint density at radius 3 is 2.75 bits per heavy atom. The summed E-state index contributed by atoms with van der Waals surface area (Å²) in [6.07, 6.45) is -1.21. The molecule has 0 N–H and O–H groups in total. The Bertz CT molecular complexity index is 280. The van der Waals surface area contributed by atoms with Gasteiger partial charge >= 0.3 is 0 Å². The topological polar surface area (TPSA) is 12.9 Å². The van der Waals surface area contributed by atoms with Gasteiger partial charge in [0.05, 0.1) is 0 Å². The highest BCUT2D eigenvalue weighted by Gasteiger charge is 2.10. The number of hydrogen-bond acceptors (Lipinski definition) is 1. The molecular formula is C7H5BrClF2N. The van der Waals surface area contributed by atoms with E-state index in [0.717, 1.165) is 0 Å². The van der Waals surface area contributed by atoms with Crippen LogP contribution in [0, 0.1) is 0 Å². The van der Waals surface area contributed by atoms with E-state index in [4.69, 9.17) is 11.6 Å². The minimum atomic E-state index is -2.54. The lowest BCUT2D eigenvalue weighted by atomic mass is 10.2. The van der Waals surface area contributed by atoms with Gasteiger partial charge in [0.2, 0.25) is 0 Å². The highest BCUT2D eigenvalue weighted by atomic mass is 79.9. The second kappa shape index (κ2) is 4.14. The summed E-state index contributed by atoms with van der Waals surface area (Å²) in [6.45, 7) is 0. The fraction of sp³-hybridized carbons (Fsp3) is 0.286. The summed E-state index contributed by atoms with van der Waals surface area (Å²) in [5, 5.41) is 0. The molecule has 0 radical (unpaired) electrons. The zero-order chi connectivity index (χ0) is 9.14. The van der Waals surface area contributed by atoms with Crippen LogP contribution in [0.2, 0.25) is 0 Å². The smallest absolute Gasteiger partial charge is 0.254 e. The van der Waals surface area contributed by atoms with Gasteiger partial charge in [-0.25, -0.2) is 8.78 Å². The van der Waals surface area contributed by atoms with Crippen molar-refractivity contribution in [3.63, 3.8) is 0 Å². The third-order valence-electron chi connectivity index (χ3n) is 1.32. The van der Waals surface area contributed by atoms with Crippen LogP contribution in [-0.2, 0) is 5.88 Å². The van der Waals surface area contributed by atoms with Crippen LogP contribution in [0.5, 0.6) is 0 Å². The number of hydrogen-bond donors (Lipinski definition) is 0. The lowest BCUT2D eigenvalue weighted by Gasteiger charge is -2.02. The van der Waals surface area contributed by atoms with E-state index in [1.165, 1.54) is 12.3 Å². The monoisotopic (exact) mass is 255 g/mol. The lowest BCUT2D eigenvalue weighted by molar-refractivity contribution is 0.146. The number of pyridine rings is 1. The molecule has 5 heteroatoms. The summed E-state index contributed by atoms with van der Waals surface area (Å²) in [4.78, 5) is 3.53. The van der Waals surface area contributed by atoms with Gasteiger partial charge in [0.25, 0.3) is 6.43 Å². The SMILES string of the molecule is FC(F)c1cc(CCl)c(Br)cn1. The summed E-state index contributed by atoms with van der Waals surface area (Å²) in [7, 11) is 0. The van der Waals surface area contributed by atoms with Gasteiger partial charge in [0.1, 0.15) is 5.69 Å². The van der Waals surface area contributed by atoms with Crippen molar-refractivity contribution in [3.05, 3.63) is 28.0 Å². The maximum absolute atomic E-state index is 12.1. The molecule has 0 aliphatic carbocycles. The molecule has 0 spiro atoms. The molecule has 1 rings (SSSR count). The molecule has 0 aliphatic heterocycles. The minimum absolute atomic E-state index is 0.197. The highest BCUT2D eigenvalue weighted by molar-refractivity contribution is 9.10. The molecule has 0 aromatic carbocycles. The average molecular weight is 256 g/mol. The summed E-state index contributed by atoms with van der Waals surface area (Å²) < 4.78 is 24.8. The van der Waals surface area contributed by atoms with Gasteiger partial charge in [-0.05, 0) is 27.6 Å². The number of halogens is 4. The third-order valence-corrected chi connectivity index (χ3v) is 2.33. The van der Waals surface area contributed by atoms with Crippen molar-refractivity contribution in [3.8, 4) is 0 Å².